The van der Waals surface area contributed by atoms with Crippen LogP contribution in [0.1, 0.15) is 23.2 Å². The number of benzene rings is 2. The molecule has 0 unspecified atom stereocenters. The Morgan fingerprint density at radius 1 is 0.966 bits per heavy atom. The summed E-state index contributed by atoms with van der Waals surface area (Å²) in [5, 5.41) is 17.1. The molecule has 1 fully saturated rings. The van der Waals surface area contributed by atoms with E-state index in [1.807, 2.05) is 42.5 Å². The van der Waals surface area contributed by atoms with Crippen molar-refractivity contribution in [1.29, 1.82) is 0 Å². The molecule has 5 N–H and O–H groups in total. The Bertz CT molecular complexity index is 851. The third kappa shape index (κ3) is 6.13. The van der Waals surface area contributed by atoms with Crippen molar-refractivity contribution < 1.29 is 19.6 Å². The number of hydrogen-bond donors (Lipinski definition) is 5. The maximum atomic E-state index is 12.5. The van der Waals surface area contributed by atoms with Crippen molar-refractivity contribution >= 4 is 17.7 Å². The fourth-order valence-corrected chi connectivity index (χ4v) is 2.78. The summed E-state index contributed by atoms with van der Waals surface area (Å²) in [4.78, 5) is 36.2. The molecular weight excluding hydrogens is 372 g/mol. The van der Waals surface area contributed by atoms with Gasteiger partial charge in [0.1, 0.15) is 6.04 Å². The number of carbonyl (C=O) groups is 3. The predicted octanol–water partition coefficient (Wildman–Crippen LogP) is 0.826. The molecule has 0 spiro atoms. The quantitative estimate of drug-likeness (QED) is 0.318. The van der Waals surface area contributed by atoms with E-state index in [0.717, 1.165) is 24.0 Å². The first-order valence-corrected chi connectivity index (χ1v) is 9.47. The Morgan fingerprint density at radius 3 is 2.24 bits per heavy atom. The number of hydroxylamine groups is 1. The first-order valence-electron chi connectivity index (χ1n) is 9.47. The van der Waals surface area contributed by atoms with Crippen LogP contribution in [0.5, 0.6) is 0 Å². The van der Waals surface area contributed by atoms with Gasteiger partial charge in [0, 0.05) is 18.2 Å². The van der Waals surface area contributed by atoms with Crippen LogP contribution in [-0.4, -0.2) is 48.1 Å². The molecule has 8 heteroatoms. The zero-order valence-corrected chi connectivity index (χ0v) is 15.9. The standard InChI is InChI=1S/C21H24N4O4/c26-19(13-22-17-10-11-17)23-12-18(21(28)25-29)24-20(27)16-8-6-15(7-9-16)14-4-2-1-3-5-14/h1-9,17-18,22,29H,10-13H2,(H,23,26)(H,24,27)(H,25,28)/t18-/m0/s1. The summed E-state index contributed by atoms with van der Waals surface area (Å²) in [7, 11) is 0. The predicted molar refractivity (Wildman–Crippen MR) is 107 cm³/mol. The van der Waals surface area contributed by atoms with Gasteiger partial charge >= 0.3 is 0 Å². The summed E-state index contributed by atoms with van der Waals surface area (Å²) in [6, 6.07) is 16.0. The van der Waals surface area contributed by atoms with Crippen LogP contribution in [0.3, 0.4) is 0 Å². The molecule has 0 heterocycles. The fraction of sp³-hybridized carbons (Fsp3) is 0.286. The summed E-state index contributed by atoms with van der Waals surface area (Å²) in [6.07, 6.45) is 2.11. The number of amides is 3. The Morgan fingerprint density at radius 2 is 1.62 bits per heavy atom. The smallest absolute Gasteiger partial charge is 0.267 e. The van der Waals surface area contributed by atoms with Gasteiger partial charge in [-0.2, -0.15) is 0 Å². The molecular formula is C21H24N4O4. The van der Waals surface area contributed by atoms with E-state index in [1.165, 1.54) is 5.48 Å². The zero-order valence-electron chi connectivity index (χ0n) is 15.9. The van der Waals surface area contributed by atoms with E-state index in [-0.39, 0.29) is 19.0 Å². The topological polar surface area (TPSA) is 120 Å². The Labute approximate surface area is 168 Å². The van der Waals surface area contributed by atoms with Crippen molar-refractivity contribution in [2.24, 2.45) is 0 Å². The van der Waals surface area contributed by atoms with E-state index >= 15 is 0 Å². The number of rotatable bonds is 9. The Balaban J connectivity index is 1.57. The lowest BCUT2D eigenvalue weighted by atomic mass is 10.0. The highest BCUT2D eigenvalue weighted by Gasteiger charge is 2.24. The monoisotopic (exact) mass is 396 g/mol. The van der Waals surface area contributed by atoms with Gasteiger partial charge in [-0.3, -0.25) is 19.6 Å². The molecule has 3 amide bonds. The van der Waals surface area contributed by atoms with Gasteiger partial charge in [0.05, 0.1) is 6.54 Å². The summed E-state index contributed by atoms with van der Waals surface area (Å²) in [5.74, 6) is -1.58. The largest absolute Gasteiger partial charge is 0.352 e. The van der Waals surface area contributed by atoms with Gasteiger partial charge in [0.2, 0.25) is 5.91 Å². The molecule has 2 aromatic carbocycles. The molecule has 29 heavy (non-hydrogen) atoms. The van der Waals surface area contributed by atoms with Crippen LogP contribution in [0, 0.1) is 0 Å². The van der Waals surface area contributed by atoms with Crippen LogP contribution in [0.25, 0.3) is 11.1 Å². The minimum absolute atomic E-state index is 0.134. The molecule has 2 aromatic rings. The maximum Gasteiger partial charge on any atom is 0.267 e. The normalized spacial score (nSPS) is 14.0. The molecule has 3 rings (SSSR count). The van der Waals surface area contributed by atoms with E-state index < -0.39 is 17.9 Å². The van der Waals surface area contributed by atoms with Gasteiger partial charge in [-0.25, -0.2) is 5.48 Å². The maximum absolute atomic E-state index is 12.5. The molecule has 152 valence electrons. The second-order valence-corrected chi connectivity index (χ2v) is 6.90. The summed E-state index contributed by atoms with van der Waals surface area (Å²) in [5.41, 5.74) is 3.87. The number of hydrogen-bond acceptors (Lipinski definition) is 5. The van der Waals surface area contributed by atoms with E-state index in [1.54, 1.807) is 12.1 Å². The molecule has 1 aliphatic rings. The van der Waals surface area contributed by atoms with Gasteiger partial charge in [0.15, 0.2) is 0 Å². The minimum Gasteiger partial charge on any atom is -0.352 e. The Kier molecular flexibility index (Phi) is 6.94. The van der Waals surface area contributed by atoms with E-state index in [4.69, 9.17) is 5.21 Å². The van der Waals surface area contributed by atoms with E-state index in [9.17, 15) is 14.4 Å². The molecule has 0 aliphatic heterocycles. The highest BCUT2D eigenvalue weighted by Crippen LogP contribution is 2.19. The van der Waals surface area contributed by atoms with Crippen molar-refractivity contribution in [1.82, 2.24) is 21.4 Å². The van der Waals surface area contributed by atoms with Gasteiger partial charge in [-0.05, 0) is 36.1 Å². The molecule has 1 saturated carbocycles. The minimum atomic E-state index is -1.11. The average Bonchev–Trinajstić information content (AvgIpc) is 3.59. The lowest BCUT2D eigenvalue weighted by Gasteiger charge is -2.17. The van der Waals surface area contributed by atoms with Gasteiger partial charge in [-0.15, -0.1) is 0 Å². The lowest BCUT2D eigenvalue weighted by Crippen LogP contribution is -2.52. The van der Waals surface area contributed by atoms with Gasteiger partial charge < -0.3 is 16.0 Å². The fourth-order valence-electron chi connectivity index (χ4n) is 2.78. The van der Waals surface area contributed by atoms with Crippen molar-refractivity contribution in [3.05, 3.63) is 60.2 Å². The molecule has 1 aliphatic carbocycles. The first-order chi connectivity index (χ1) is 14.1. The highest BCUT2D eigenvalue weighted by molar-refractivity contribution is 5.98. The van der Waals surface area contributed by atoms with Crippen LogP contribution in [-0.2, 0) is 9.59 Å². The van der Waals surface area contributed by atoms with Crippen LogP contribution >= 0.6 is 0 Å². The highest BCUT2D eigenvalue weighted by atomic mass is 16.5. The molecule has 1 atom stereocenters. The second kappa shape index (κ2) is 9.81. The number of nitrogens with one attached hydrogen (secondary N) is 4. The van der Waals surface area contributed by atoms with Gasteiger partial charge in [0.25, 0.3) is 11.8 Å². The Hall–Kier alpha value is -3.23. The second-order valence-electron chi connectivity index (χ2n) is 6.90. The zero-order chi connectivity index (χ0) is 20.6. The van der Waals surface area contributed by atoms with Crippen molar-refractivity contribution in [2.75, 3.05) is 13.1 Å². The number of carbonyl (C=O) groups excluding carboxylic acids is 3. The third-order valence-electron chi connectivity index (χ3n) is 4.62. The summed E-state index contributed by atoms with van der Waals surface area (Å²) in [6.45, 7) is 0.0123. The van der Waals surface area contributed by atoms with Crippen molar-refractivity contribution in [3.63, 3.8) is 0 Å². The SMILES string of the molecule is O=C(CNC1CC1)NC[C@H](NC(=O)c1ccc(-c2ccccc2)cc1)C(=O)NO. The third-order valence-corrected chi connectivity index (χ3v) is 4.62. The van der Waals surface area contributed by atoms with Gasteiger partial charge in [-0.1, -0.05) is 42.5 Å². The average molecular weight is 396 g/mol. The molecule has 0 saturated heterocycles. The van der Waals surface area contributed by atoms with Crippen LogP contribution in [0.2, 0.25) is 0 Å². The molecule has 0 bridgehead atoms. The van der Waals surface area contributed by atoms with Crippen LogP contribution in [0.4, 0.5) is 0 Å². The van der Waals surface area contributed by atoms with Crippen molar-refractivity contribution in [2.45, 2.75) is 24.9 Å². The molecule has 0 radical (unpaired) electrons. The lowest BCUT2D eigenvalue weighted by molar-refractivity contribution is -0.131. The first kappa shape index (κ1) is 20.5. The van der Waals surface area contributed by atoms with Crippen LogP contribution < -0.4 is 21.4 Å². The summed E-state index contributed by atoms with van der Waals surface area (Å²) >= 11 is 0. The molecule has 0 aromatic heterocycles. The molecule has 8 nitrogen and oxygen atoms in total. The van der Waals surface area contributed by atoms with Crippen molar-refractivity contribution in [3.8, 4) is 11.1 Å². The van der Waals surface area contributed by atoms with E-state index in [2.05, 4.69) is 16.0 Å². The summed E-state index contributed by atoms with van der Waals surface area (Å²) < 4.78 is 0. The van der Waals surface area contributed by atoms with Crippen LogP contribution in [0.15, 0.2) is 54.6 Å². The van der Waals surface area contributed by atoms with E-state index in [0.29, 0.717) is 11.6 Å².